The average molecular weight is 286 g/mol. The maximum atomic E-state index is 12.9. The number of halogens is 5. The second-order valence-electron chi connectivity index (χ2n) is 3.70. The second-order valence-corrected chi connectivity index (χ2v) is 4.44. The molecule has 1 aliphatic heterocycles. The van der Waals surface area contributed by atoms with Crippen LogP contribution in [0.5, 0.6) is 0 Å². The molecule has 1 saturated heterocycles. The molecule has 1 fully saturated rings. The molecule has 1 aromatic heterocycles. The molecule has 1 aromatic rings. The van der Waals surface area contributed by atoms with E-state index in [2.05, 4.69) is 4.98 Å². The van der Waals surface area contributed by atoms with Gasteiger partial charge in [-0.15, -0.1) is 0 Å². The van der Waals surface area contributed by atoms with Crippen LogP contribution in [-0.2, 0) is 10.9 Å². The standard InChI is InChI=1S/C10H8Cl2F3NO/c11-7-4-5(10(13,14)15)8(9(12)16-7)6-2-1-3-17-6/h4,6H,1-3H2. The largest absolute Gasteiger partial charge is 0.416 e. The Morgan fingerprint density at radius 3 is 2.59 bits per heavy atom. The lowest BCUT2D eigenvalue weighted by Gasteiger charge is -2.18. The predicted molar refractivity (Wildman–Crippen MR) is 57.2 cm³/mol. The summed E-state index contributed by atoms with van der Waals surface area (Å²) in [5.41, 5.74) is -0.976. The predicted octanol–water partition coefficient (Wildman–Crippen LogP) is 4.26. The third-order valence-corrected chi connectivity index (χ3v) is 3.02. The number of aromatic nitrogens is 1. The monoisotopic (exact) mass is 285 g/mol. The van der Waals surface area contributed by atoms with E-state index in [4.69, 9.17) is 27.9 Å². The van der Waals surface area contributed by atoms with Gasteiger partial charge in [-0.3, -0.25) is 0 Å². The van der Waals surface area contributed by atoms with E-state index in [0.717, 1.165) is 6.07 Å². The van der Waals surface area contributed by atoms with Gasteiger partial charge in [0.25, 0.3) is 0 Å². The van der Waals surface area contributed by atoms with Crippen molar-refractivity contribution in [1.82, 2.24) is 4.98 Å². The molecule has 0 saturated carbocycles. The normalized spacial score (nSPS) is 20.9. The summed E-state index contributed by atoms with van der Waals surface area (Å²) in [5, 5.41) is -0.513. The Kier molecular flexibility index (Phi) is 3.52. The highest BCUT2D eigenvalue weighted by Crippen LogP contribution is 2.42. The number of nitrogens with zero attached hydrogens (tertiary/aromatic N) is 1. The van der Waals surface area contributed by atoms with Crippen LogP contribution in [0.15, 0.2) is 6.07 Å². The van der Waals surface area contributed by atoms with Gasteiger partial charge in [0.1, 0.15) is 10.3 Å². The van der Waals surface area contributed by atoms with Crippen molar-refractivity contribution < 1.29 is 17.9 Å². The van der Waals surface area contributed by atoms with Crippen LogP contribution in [0.25, 0.3) is 0 Å². The van der Waals surface area contributed by atoms with Gasteiger partial charge in [-0.1, -0.05) is 23.2 Å². The van der Waals surface area contributed by atoms with Crippen molar-refractivity contribution in [1.29, 1.82) is 0 Å². The summed E-state index contributed by atoms with van der Waals surface area (Å²) in [4.78, 5) is 3.64. The summed E-state index contributed by atoms with van der Waals surface area (Å²) in [6.07, 6.45) is -3.95. The lowest BCUT2D eigenvalue weighted by molar-refractivity contribution is -0.139. The fraction of sp³-hybridized carbons (Fsp3) is 0.500. The van der Waals surface area contributed by atoms with Gasteiger partial charge in [0.15, 0.2) is 0 Å². The van der Waals surface area contributed by atoms with Gasteiger partial charge in [0, 0.05) is 12.2 Å². The Bertz CT molecular complexity index is 430. The average Bonchev–Trinajstić information content (AvgIpc) is 2.67. The van der Waals surface area contributed by atoms with Crippen LogP contribution in [0.4, 0.5) is 13.2 Å². The van der Waals surface area contributed by atoms with E-state index in [-0.39, 0.29) is 15.9 Å². The van der Waals surface area contributed by atoms with Crippen LogP contribution < -0.4 is 0 Å². The first kappa shape index (κ1) is 12.9. The van der Waals surface area contributed by atoms with Crippen molar-refractivity contribution in [3.8, 4) is 0 Å². The van der Waals surface area contributed by atoms with Crippen molar-refractivity contribution in [3.05, 3.63) is 27.5 Å². The molecule has 0 bridgehead atoms. The Hall–Kier alpha value is -0.520. The van der Waals surface area contributed by atoms with Gasteiger partial charge in [0.05, 0.1) is 11.7 Å². The number of hydrogen-bond donors (Lipinski definition) is 0. The molecule has 7 heteroatoms. The summed E-state index contributed by atoms with van der Waals surface area (Å²) in [7, 11) is 0. The van der Waals surface area contributed by atoms with Crippen LogP contribution >= 0.6 is 23.2 Å². The van der Waals surface area contributed by atoms with Gasteiger partial charge < -0.3 is 4.74 Å². The van der Waals surface area contributed by atoms with Crippen molar-refractivity contribution in [2.45, 2.75) is 25.1 Å². The maximum Gasteiger partial charge on any atom is 0.416 e. The van der Waals surface area contributed by atoms with Crippen molar-refractivity contribution in [2.75, 3.05) is 6.61 Å². The molecule has 94 valence electrons. The summed E-state index contributed by atoms with van der Waals surface area (Å²) < 4.78 is 43.8. The number of hydrogen-bond acceptors (Lipinski definition) is 2. The first-order chi connectivity index (χ1) is 7.89. The van der Waals surface area contributed by atoms with Crippen LogP contribution in [0.3, 0.4) is 0 Å². The molecule has 17 heavy (non-hydrogen) atoms. The van der Waals surface area contributed by atoms with E-state index in [1.165, 1.54) is 0 Å². The fourth-order valence-corrected chi connectivity index (χ4v) is 2.39. The highest BCUT2D eigenvalue weighted by atomic mass is 35.5. The van der Waals surface area contributed by atoms with Crippen molar-refractivity contribution >= 4 is 23.2 Å². The molecule has 0 spiro atoms. The number of ether oxygens (including phenoxy) is 1. The first-order valence-corrected chi connectivity index (χ1v) is 5.70. The Morgan fingerprint density at radius 2 is 2.06 bits per heavy atom. The number of rotatable bonds is 1. The second kappa shape index (κ2) is 4.63. The molecule has 1 aliphatic rings. The zero-order chi connectivity index (χ0) is 12.6. The molecule has 2 heterocycles. The fourth-order valence-electron chi connectivity index (χ4n) is 1.84. The van der Waals surface area contributed by atoms with Crippen LogP contribution in [0.2, 0.25) is 10.3 Å². The SMILES string of the molecule is FC(F)(F)c1cc(Cl)nc(Cl)c1C1CCCO1. The minimum Gasteiger partial charge on any atom is -0.373 e. The van der Waals surface area contributed by atoms with E-state index < -0.39 is 17.8 Å². The molecule has 2 rings (SSSR count). The highest BCUT2D eigenvalue weighted by Gasteiger charge is 2.38. The van der Waals surface area contributed by atoms with E-state index in [9.17, 15) is 13.2 Å². The molecule has 0 radical (unpaired) electrons. The summed E-state index contributed by atoms with van der Waals surface area (Å²) in [6.45, 7) is 0.431. The zero-order valence-electron chi connectivity index (χ0n) is 8.52. The molecular weight excluding hydrogens is 278 g/mol. The topological polar surface area (TPSA) is 22.1 Å². The molecule has 0 aromatic carbocycles. The van der Waals surface area contributed by atoms with Gasteiger partial charge in [0.2, 0.25) is 0 Å². The maximum absolute atomic E-state index is 12.9. The minimum absolute atomic E-state index is 0.110. The van der Waals surface area contributed by atoms with E-state index >= 15 is 0 Å². The molecular formula is C10H8Cl2F3NO. The first-order valence-electron chi connectivity index (χ1n) is 4.94. The van der Waals surface area contributed by atoms with E-state index in [1.807, 2.05) is 0 Å². The zero-order valence-corrected chi connectivity index (χ0v) is 10.0. The smallest absolute Gasteiger partial charge is 0.373 e. The summed E-state index contributed by atoms with van der Waals surface area (Å²) in [5.74, 6) is 0. The molecule has 0 amide bonds. The molecule has 0 aliphatic carbocycles. The van der Waals surface area contributed by atoms with Crippen LogP contribution in [0.1, 0.15) is 30.1 Å². The van der Waals surface area contributed by atoms with Gasteiger partial charge >= 0.3 is 6.18 Å². The highest BCUT2D eigenvalue weighted by molar-refractivity contribution is 6.33. The summed E-state index contributed by atoms with van der Waals surface area (Å²) in [6, 6.07) is 0.782. The molecule has 1 unspecified atom stereocenters. The van der Waals surface area contributed by atoms with Gasteiger partial charge in [-0.05, 0) is 18.9 Å². The van der Waals surface area contributed by atoms with Crippen molar-refractivity contribution in [3.63, 3.8) is 0 Å². The van der Waals surface area contributed by atoms with Gasteiger partial charge in [-0.25, -0.2) is 4.98 Å². The van der Waals surface area contributed by atoms with E-state index in [0.29, 0.717) is 19.4 Å². The lowest BCUT2D eigenvalue weighted by Crippen LogP contribution is -2.13. The van der Waals surface area contributed by atoms with Crippen LogP contribution in [0, 0.1) is 0 Å². The number of pyridine rings is 1. The van der Waals surface area contributed by atoms with Crippen molar-refractivity contribution in [2.24, 2.45) is 0 Å². The third kappa shape index (κ3) is 2.67. The Balaban J connectivity index is 2.54. The summed E-state index contributed by atoms with van der Waals surface area (Å²) >= 11 is 11.2. The Morgan fingerprint density at radius 1 is 1.35 bits per heavy atom. The minimum atomic E-state index is -4.52. The van der Waals surface area contributed by atoms with Crippen LogP contribution in [-0.4, -0.2) is 11.6 Å². The third-order valence-electron chi connectivity index (χ3n) is 2.54. The Labute approximate surface area is 106 Å². The van der Waals surface area contributed by atoms with Gasteiger partial charge in [-0.2, -0.15) is 13.2 Å². The van der Waals surface area contributed by atoms with E-state index in [1.54, 1.807) is 0 Å². The lowest BCUT2D eigenvalue weighted by atomic mass is 10.0. The molecule has 0 N–H and O–H groups in total. The quantitative estimate of drug-likeness (QED) is 0.720. The molecule has 2 nitrogen and oxygen atoms in total. The molecule has 1 atom stereocenters. The number of alkyl halides is 3.